The minimum absolute atomic E-state index is 0.295. The summed E-state index contributed by atoms with van der Waals surface area (Å²) in [5.74, 6) is 0. The molecule has 0 bridgehead atoms. The topological polar surface area (TPSA) is 60.2 Å². The number of thiophene rings is 1. The van der Waals surface area contributed by atoms with E-state index >= 15 is 0 Å². The van der Waals surface area contributed by atoms with Crippen LogP contribution in [-0.2, 0) is 16.4 Å². The average Bonchev–Trinajstić information content (AvgIpc) is 2.77. The maximum atomic E-state index is 12.2. The van der Waals surface area contributed by atoms with Crippen LogP contribution in [-0.4, -0.2) is 8.42 Å². The van der Waals surface area contributed by atoms with Crippen molar-refractivity contribution in [2.45, 2.75) is 15.6 Å². The minimum atomic E-state index is -3.40. The van der Waals surface area contributed by atoms with Gasteiger partial charge >= 0.3 is 0 Å². The van der Waals surface area contributed by atoms with E-state index in [9.17, 15) is 8.42 Å². The third-order valence-electron chi connectivity index (χ3n) is 2.28. The van der Waals surface area contributed by atoms with E-state index in [1.165, 1.54) is 11.3 Å². The second kappa shape index (κ2) is 4.89. The van der Waals surface area contributed by atoms with E-state index in [1.807, 2.05) is 0 Å². The van der Waals surface area contributed by atoms with Gasteiger partial charge in [-0.25, -0.2) is 8.42 Å². The van der Waals surface area contributed by atoms with Crippen molar-refractivity contribution in [3.63, 3.8) is 0 Å². The summed E-state index contributed by atoms with van der Waals surface area (Å²) < 4.78 is 25.5. The Morgan fingerprint density at radius 2 is 1.76 bits per heavy atom. The van der Waals surface area contributed by atoms with Gasteiger partial charge in [0.1, 0.15) is 4.21 Å². The molecule has 2 N–H and O–H groups in total. The summed E-state index contributed by atoms with van der Waals surface area (Å²) in [5, 5.41) is 0. The number of hydrogen-bond donors (Lipinski definition) is 1. The first-order valence-electron chi connectivity index (χ1n) is 4.83. The molecule has 0 aliphatic heterocycles. The molecule has 0 radical (unpaired) electrons. The molecule has 6 heteroatoms. The Morgan fingerprint density at radius 1 is 1.12 bits per heavy atom. The van der Waals surface area contributed by atoms with Crippen molar-refractivity contribution in [1.29, 1.82) is 0 Å². The van der Waals surface area contributed by atoms with Crippen LogP contribution >= 0.6 is 27.3 Å². The Balaban J connectivity index is 2.44. The molecule has 0 saturated carbocycles. The molecule has 17 heavy (non-hydrogen) atoms. The normalized spacial score (nSPS) is 11.6. The van der Waals surface area contributed by atoms with Crippen LogP contribution in [0.15, 0.2) is 49.3 Å². The largest absolute Gasteiger partial charge is 0.326 e. The summed E-state index contributed by atoms with van der Waals surface area (Å²) in [6.45, 7) is 0.408. The van der Waals surface area contributed by atoms with Gasteiger partial charge < -0.3 is 5.73 Å². The quantitative estimate of drug-likeness (QED) is 0.940. The molecular weight excluding hydrogens is 322 g/mol. The number of sulfone groups is 1. The zero-order valence-electron chi connectivity index (χ0n) is 8.76. The molecule has 0 fully saturated rings. The van der Waals surface area contributed by atoms with Gasteiger partial charge in [-0.2, -0.15) is 0 Å². The number of hydrogen-bond acceptors (Lipinski definition) is 4. The highest BCUT2D eigenvalue weighted by atomic mass is 79.9. The Kier molecular flexibility index (Phi) is 3.67. The van der Waals surface area contributed by atoms with E-state index in [0.29, 0.717) is 15.6 Å². The molecular formula is C11H10BrNO2S2. The number of halogens is 1. The van der Waals surface area contributed by atoms with Crippen LogP contribution < -0.4 is 5.73 Å². The Labute approximate surface area is 112 Å². The molecule has 2 rings (SSSR count). The first kappa shape index (κ1) is 12.8. The fraction of sp³-hybridized carbons (Fsp3) is 0.0909. The standard InChI is InChI=1S/C11H10BrNO2S2/c12-10-5-6-11(16-10)17(14,15)9-3-1-8(7-13)2-4-9/h1-6H,7,13H2. The fourth-order valence-electron chi connectivity index (χ4n) is 1.36. The Bertz CT molecular complexity index is 617. The average molecular weight is 332 g/mol. The van der Waals surface area contributed by atoms with Crippen LogP contribution in [0, 0.1) is 0 Å². The number of rotatable bonds is 3. The molecule has 0 unspecified atom stereocenters. The molecule has 0 saturated heterocycles. The van der Waals surface area contributed by atoms with Gasteiger partial charge in [0.25, 0.3) is 0 Å². The summed E-state index contributed by atoms with van der Waals surface area (Å²) in [7, 11) is -3.40. The zero-order valence-corrected chi connectivity index (χ0v) is 12.0. The highest BCUT2D eigenvalue weighted by molar-refractivity contribution is 9.11. The Hall–Kier alpha value is -0.690. The van der Waals surface area contributed by atoms with Gasteiger partial charge in [0.05, 0.1) is 8.68 Å². The van der Waals surface area contributed by atoms with Crippen LogP contribution in [0.1, 0.15) is 5.56 Å². The third-order valence-corrected chi connectivity index (χ3v) is 6.17. The summed E-state index contributed by atoms with van der Waals surface area (Å²) >= 11 is 4.46. The van der Waals surface area contributed by atoms with E-state index < -0.39 is 9.84 Å². The predicted molar refractivity (Wildman–Crippen MR) is 71.8 cm³/mol. The lowest BCUT2D eigenvalue weighted by Crippen LogP contribution is -2.01. The number of benzene rings is 1. The van der Waals surface area contributed by atoms with Gasteiger partial charge in [0.2, 0.25) is 9.84 Å². The van der Waals surface area contributed by atoms with Gasteiger partial charge in [-0.1, -0.05) is 12.1 Å². The van der Waals surface area contributed by atoms with E-state index in [-0.39, 0.29) is 0 Å². The van der Waals surface area contributed by atoms with Crippen LogP contribution in [0.2, 0.25) is 0 Å². The molecule has 3 nitrogen and oxygen atoms in total. The van der Waals surface area contributed by atoms with Crippen LogP contribution in [0.3, 0.4) is 0 Å². The van der Waals surface area contributed by atoms with Crippen LogP contribution in [0.5, 0.6) is 0 Å². The van der Waals surface area contributed by atoms with Gasteiger partial charge in [-0.15, -0.1) is 11.3 Å². The van der Waals surface area contributed by atoms with Gasteiger partial charge in [-0.05, 0) is 45.8 Å². The fourth-order valence-corrected chi connectivity index (χ4v) is 4.77. The van der Waals surface area contributed by atoms with E-state index in [4.69, 9.17) is 5.73 Å². The molecule has 1 aromatic carbocycles. The molecule has 0 amide bonds. The molecule has 1 aromatic heterocycles. The summed E-state index contributed by atoms with van der Waals surface area (Å²) in [4.78, 5) is 0.295. The van der Waals surface area contributed by atoms with Crippen molar-refractivity contribution in [3.8, 4) is 0 Å². The first-order chi connectivity index (χ1) is 8.04. The minimum Gasteiger partial charge on any atom is -0.326 e. The SMILES string of the molecule is NCc1ccc(S(=O)(=O)c2ccc(Br)s2)cc1. The third kappa shape index (κ3) is 2.60. The number of nitrogens with two attached hydrogens (primary N) is 1. The lowest BCUT2D eigenvalue weighted by Gasteiger charge is -2.02. The lowest BCUT2D eigenvalue weighted by molar-refractivity contribution is 0.598. The maximum Gasteiger partial charge on any atom is 0.215 e. The molecule has 2 aromatic rings. The Morgan fingerprint density at radius 3 is 2.24 bits per heavy atom. The molecule has 0 spiro atoms. The monoisotopic (exact) mass is 331 g/mol. The molecule has 0 aliphatic rings. The van der Waals surface area contributed by atoms with E-state index in [0.717, 1.165) is 9.35 Å². The zero-order chi connectivity index (χ0) is 12.5. The van der Waals surface area contributed by atoms with Crippen molar-refractivity contribution < 1.29 is 8.42 Å². The second-order valence-corrected chi connectivity index (χ2v) is 8.05. The first-order valence-corrected chi connectivity index (χ1v) is 7.93. The molecule has 90 valence electrons. The summed E-state index contributed by atoms with van der Waals surface area (Å²) in [5.41, 5.74) is 6.38. The molecule has 0 aliphatic carbocycles. The van der Waals surface area contributed by atoms with Crippen LogP contribution in [0.4, 0.5) is 0 Å². The van der Waals surface area contributed by atoms with Gasteiger partial charge in [0.15, 0.2) is 0 Å². The molecule has 1 heterocycles. The van der Waals surface area contributed by atoms with Gasteiger partial charge in [-0.3, -0.25) is 0 Å². The van der Waals surface area contributed by atoms with Gasteiger partial charge in [0, 0.05) is 6.54 Å². The van der Waals surface area contributed by atoms with Crippen molar-refractivity contribution in [2.24, 2.45) is 5.73 Å². The van der Waals surface area contributed by atoms with E-state index in [2.05, 4.69) is 15.9 Å². The maximum absolute atomic E-state index is 12.2. The van der Waals surface area contributed by atoms with Crippen molar-refractivity contribution in [2.75, 3.05) is 0 Å². The smallest absolute Gasteiger partial charge is 0.215 e. The van der Waals surface area contributed by atoms with E-state index in [1.54, 1.807) is 36.4 Å². The summed E-state index contributed by atoms with van der Waals surface area (Å²) in [6.07, 6.45) is 0. The highest BCUT2D eigenvalue weighted by Crippen LogP contribution is 2.30. The van der Waals surface area contributed by atoms with Crippen LogP contribution in [0.25, 0.3) is 0 Å². The van der Waals surface area contributed by atoms with Crippen molar-refractivity contribution >= 4 is 37.1 Å². The summed E-state index contributed by atoms with van der Waals surface area (Å²) in [6, 6.07) is 9.97. The predicted octanol–water partition coefficient (Wildman–Crippen LogP) is 2.80. The second-order valence-electron chi connectivity index (χ2n) is 3.41. The molecule has 0 atom stereocenters. The highest BCUT2D eigenvalue weighted by Gasteiger charge is 2.19. The van der Waals surface area contributed by atoms with Crippen molar-refractivity contribution in [1.82, 2.24) is 0 Å². The van der Waals surface area contributed by atoms with Crippen molar-refractivity contribution in [3.05, 3.63) is 45.7 Å². The lowest BCUT2D eigenvalue weighted by atomic mass is 10.2.